The standard InChI is InChI=1S/C13H26N4O.HI/c1-6-10-15-13(14-7-2)16(5)11-12(18)17(8-3)9-4;/h6H,1,7-11H2,2-5H3,(H,14,15);1H. The van der Waals surface area contributed by atoms with Gasteiger partial charge in [0.15, 0.2) is 5.96 Å². The summed E-state index contributed by atoms with van der Waals surface area (Å²) in [5.74, 6) is 0.851. The number of guanidine groups is 1. The highest BCUT2D eigenvalue weighted by Crippen LogP contribution is 1.93. The van der Waals surface area contributed by atoms with Crippen LogP contribution in [-0.2, 0) is 4.79 Å². The average Bonchev–Trinajstić information content (AvgIpc) is 2.35. The molecule has 0 aliphatic rings. The highest BCUT2D eigenvalue weighted by Gasteiger charge is 2.14. The van der Waals surface area contributed by atoms with Crippen LogP contribution in [-0.4, -0.2) is 61.4 Å². The van der Waals surface area contributed by atoms with Crippen molar-refractivity contribution in [2.75, 3.05) is 39.8 Å². The summed E-state index contributed by atoms with van der Waals surface area (Å²) in [4.78, 5) is 20.0. The number of nitrogens with zero attached hydrogens (tertiary/aromatic N) is 3. The molecule has 0 radical (unpaired) electrons. The van der Waals surface area contributed by atoms with Gasteiger partial charge in [0.25, 0.3) is 0 Å². The molecule has 0 saturated heterocycles. The molecule has 0 aliphatic heterocycles. The van der Waals surface area contributed by atoms with Crippen LogP contribution >= 0.6 is 24.0 Å². The largest absolute Gasteiger partial charge is 0.357 e. The Bertz CT molecular complexity index is 290. The zero-order valence-corrected chi connectivity index (χ0v) is 14.8. The van der Waals surface area contributed by atoms with E-state index in [0.717, 1.165) is 25.6 Å². The Morgan fingerprint density at radius 1 is 1.32 bits per heavy atom. The molecule has 0 atom stereocenters. The summed E-state index contributed by atoms with van der Waals surface area (Å²) in [7, 11) is 1.87. The van der Waals surface area contributed by atoms with Crippen LogP contribution < -0.4 is 5.32 Å². The minimum atomic E-state index is 0. The Kier molecular flexibility index (Phi) is 13.2. The van der Waals surface area contributed by atoms with Crippen LogP contribution in [0.5, 0.6) is 0 Å². The molecule has 19 heavy (non-hydrogen) atoms. The van der Waals surface area contributed by atoms with Crippen LogP contribution in [0.3, 0.4) is 0 Å². The van der Waals surface area contributed by atoms with Gasteiger partial charge in [0.1, 0.15) is 0 Å². The molecule has 0 heterocycles. The highest BCUT2D eigenvalue weighted by molar-refractivity contribution is 14.0. The second kappa shape index (κ2) is 12.3. The molecular weight excluding hydrogens is 355 g/mol. The third kappa shape index (κ3) is 8.07. The lowest BCUT2D eigenvalue weighted by atomic mass is 10.4. The van der Waals surface area contributed by atoms with Crippen molar-refractivity contribution in [3.05, 3.63) is 12.7 Å². The minimum Gasteiger partial charge on any atom is -0.357 e. The van der Waals surface area contributed by atoms with Crippen molar-refractivity contribution in [3.63, 3.8) is 0 Å². The molecule has 1 amide bonds. The van der Waals surface area contributed by atoms with E-state index in [9.17, 15) is 4.79 Å². The Labute approximate surface area is 134 Å². The Morgan fingerprint density at radius 3 is 2.32 bits per heavy atom. The van der Waals surface area contributed by atoms with E-state index in [2.05, 4.69) is 16.9 Å². The average molecular weight is 382 g/mol. The molecule has 0 fully saturated rings. The number of amides is 1. The number of halogens is 1. The van der Waals surface area contributed by atoms with Gasteiger partial charge in [-0.05, 0) is 20.8 Å². The van der Waals surface area contributed by atoms with Gasteiger partial charge in [-0.2, -0.15) is 0 Å². The quantitative estimate of drug-likeness (QED) is 0.315. The van der Waals surface area contributed by atoms with E-state index in [1.165, 1.54) is 0 Å². The fraction of sp³-hybridized carbons (Fsp3) is 0.692. The van der Waals surface area contributed by atoms with E-state index in [-0.39, 0.29) is 29.9 Å². The number of likely N-dealkylation sites (N-methyl/N-ethyl adjacent to an activating group) is 2. The molecule has 1 N–H and O–H groups in total. The van der Waals surface area contributed by atoms with Gasteiger partial charge in [0.2, 0.25) is 5.91 Å². The first-order chi connectivity index (χ1) is 8.60. The second-order valence-electron chi connectivity index (χ2n) is 3.91. The lowest BCUT2D eigenvalue weighted by molar-refractivity contribution is -0.131. The van der Waals surface area contributed by atoms with Gasteiger partial charge in [-0.25, -0.2) is 4.99 Å². The first-order valence-corrected chi connectivity index (χ1v) is 6.48. The summed E-state index contributed by atoms with van der Waals surface area (Å²) in [6.45, 7) is 12.8. The SMILES string of the molecule is C=CCN=C(NCC)N(C)CC(=O)N(CC)CC.I. The molecule has 0 unspecified atom stereocenters. The summed E-state index contributed by atoms with van der Waals surface area (Å²) >= 11 is 0. The molecule has 0 aromatic carbocycles. The van der Waals surface area contributed by atoms with Gasteiger partial charge in [-0.15, -0.1) is 30.6 Å². The number of hydrogen-bond acceptors (Lipinski definition) is 2. The normalized spacial score (nSPS) is 10.4. The third-order valence-corrected chi connectivity index (χ3v) is 2.56. The Morgan fingerprint density at radius 2 is 1.89 bits per heavy atom. The smallest absolute Gasteiger partial charge is 0.242 e. The van der Waals surface area contributed by atoms with Crippen molar-refractivity contribution < 1.29 is 4.79 Å². The second-order valence-corrected chi connectivity index (χ2v) is 3.91. The third-order valence-electron chi connectivity index (χ3n) is 2.56. The maximum atomic E-state index is 12.0. The van der Waals surface area contributed by atoms with Crippen molar-refractivity contribution in [1.82, 2.24) is 15.1 Å². The number of carbonyl (C=O) groups excluding carboxylic acids is 1. The molecule has 0 aliphatic carbocycles. The molecule has 0 spiro atoms. The van der Waals surface area contributed by atoms with Crippen LogP contribution in [0.4, 0.5) is 0 Å². The Balaban J connectivity index is 0. The van der Waals surface area contributed by atoms with Gasteiger partial charge in [-0.1, -0.05) is 6.08 Å². The molecule has 6 heteroatoms. The first-order valence-electron chi connectivity index (χ1n) is 6.48. The molecule has 112 valence electrons. The predicted molar refractivity (Wildman–Crippen MR) is 92.1 cm³/mol. The van der Waals surface area contributed by atoms with E-state index < -0.39 is 0 Å². The maximum absolute atomic E-state index is 12.0. The lowest BCUT2D eigenvalue weighted by Crippen LogP contribution is -2.45. The lowest BCUT2D eigenvalue weighted by Gasteiger charge is -2.25. The highest BCUT2D eigenvalue weighted by atomic mass is 127. The van der Waals surface area contributed by atoms with Gasteiger partial charge in [0, 0.05) is 26.7 Å². The van der Waals surface area contributed by atoms with Gasteiger partial charge in [0.05, 0.1) is 13.1 Å². The van der Waals surface area contributed by atoms with Crippen molar-refractivity contribution in [1.29, 1.82) is 0 Å². The minimum absolute atomic E-state index is 0. The van der Waals surface area contributed by atoms with Crippen molar-refractivity contribution >= 4 is 35.8 Å². The van der Waals surface area contributed by atoms with E-state index in [4.69, 9.17) is 0 Å². The van der Waals surface area contributed by atoms with E-state index in [1.54, 1.807) is 6.08 Å². The monoisotopic (exact) mass is 382 g/mol. The summed E-state index contributed by atoms with van der Waals surface area (Å²) in [5.41, 5.74) is 0. The van der Waals surface area contributed by atoms with Gasteiger partial charge >= 0.3 is 0 Å². The molecular formula is C13H27IN4O. The number of carbonyl (C=O) groups is 1. The van der Waals surface area contributed by atoms with Crippen molar-refractivity contribution in [2.24, 2.45) is 4.99 Å². The Hall–Kier alpha value is -0.790. The van der Waals surface area contributed by atoms with Crippen LogP contribution in [0.25, 0.3) is 0 Å². The van der Waals surface area contributed by atoms with Crippen LogP contribution in [0.15, 0.2) is 17.6 Å². The maximum Gasteiger partial charge on any atom is 0.242 e. The molecule has 0 aromatic rings. The fourth-order valence-corrected chi connectivity index (χ4v) is 1.57. The van der Waals surface area contributed by atoms with Crippen LogP contribution in [0.2, 0.25) is 0 Å². The molecule has 0 aromatic heterocycles. The van der Waals surface area contributed by atoms with E-state index in [1.807, 2.05) is 37.6 Å². The van der Waals surface area contributed by atoms with Gasteiger partial charge in [-0.3, -0.25) is 4.79 Å². The van der Waals surface area contributed by atoms with Crippen molar-refractivity contribution in [2.45, 2.75) is 20.8 Å². The molecule has 0 bridgehead atoms. The summed E-state index contributed by atoms with van der Waals surface area (Å²) in [5, 5.41) is 3.15. The van der Waals surface area contributed by atoms with Crippen molar-refractivity contribution in [3.8, 4) is 0 Å². The molecule has 5 nitrogen and oxygen atoms in total. The van der Waals surface area contributed by atoms with E-state index >= 15 is 0 Å². The number of hydrogen-bond donors (Lipinski definition) is 1. The van der Waals surface area contributed by atoms with E-state index in [0.29, 0.717) is 13.1 Å². The first kappa shape index (κ1) is 20.5. The zero-order valence-electron chi connectivity index (χ0n) is 12.5. The summed E-state index contributed by atoms with van der Waals surface area (Å²) in [6.07, 6.45) is 1.73. The molecule has 0 rings (SSSR count). The molecule has 0 saturated carbocycles. The topological polar surface area (TPSA) is 47.9 Å². The van der Waals surface area contributed by atoms with Crippen LogP contribution in [0.1, 0.15) is 20.8 Å². The van der Waals surface area contributed by atoms with Crippen LogP contribution in [0, 0.1) is 0 Å². The number of rotatable bonds is 7. The summed E-state index contributed by atoms with van der Waals surface area (Å²) < 4.78 is 0. The number of nitrogens with one attached hydrogen (secondary N) is 1. The fourth-order valence-electron chi connectivity index (χ4n) is 1.57. The zero-order chi connectivity index (χ0) is 14.0. The predicted octanol–water partition coefficient (Wildman–Crippen LogP) is 1.56. The number of aliphatic imine (C=N–C) groups is 1. The van der Waals surface area contributed by atoms with Gasteiger partial charge < -0.3 is 15.1 Å². The summed E-state index contributed by atoms with van der Waals surface area (Å²) in [6, 6.07) is 0.